The Morgan fingerprint density at radius 2 is 1.88 bits per heavy atom. The molecule has 2 aliphatic heterocycles. The molecule has 0 bridgehead atoms. The molecule has 5 nitrogen and oxygen atoms in total. The largest absolute Gasteiger partial charge is 0.373 e. The zero-order valence-electron chi connectivity index (χ0n) is 14.8. The average Bonchev–Trinajstić information content (AvgIpc) is 3.08. The number of nitrogens with one attached hydrogen (secondary N) is 2. The van der Waals surface area contributed by atoms with Crippen molar-refractivity contribution in [3.05, 3.63) is 64.7 Å². The summed E-state index contributed by atoms with van der Waals surface area (Å²) in [5, 5.41) is 0.703. The van der Waals surface area contributed by atoms with Crippen LogP contribution >= 0.6 is 11.6 Å². The van der Waals surface area contributed by atoms with Crippen molar-refractivity contribution >= 4 is 23.2 Å². The second kappa shape index (κ2) is 7.27. The van der Waals surface area contributed by atoms with Gasteiger partial charge < -0.3 is 9.80 Å². The molecule has 0 aromatic heterocycles. The number of hydrazine groups is 1. The molecule has 6 heteroatoms. The quantitative estimate of drug-likeness (QED) is 0.853. The highest BCUT2D eigenvalue weighted by Crippen LogP contribution is 2.30. The van der Waals surface area contributed by atoms with E-state index < -0.39 is 0 Å². The third-order valence-electron chi connectivity index (χ3n) is 5.31. The molecule has 1 amide bonds. The number of carbonyl (C=O) groups is 1. The fourth-order valence-electron chi connectivity index (χ4n) is 3.83. The first-order valence-corrected chi connectivity index (χ1v) is 9.33. The minimum atomic E-state index is -0.133. The molecule has 1 fully saturated rings. The summed E-state index contributed by atoms with van der Waals surface area (Å²) in [4.78, 5) is 17.5. The Morgan fingerprint density at radius 3 is 2.69 bits per heavy atom. The summed E-state index contributed by atoms with van der Waals surface area (Å²) in [6.45, 7) is 2.85. The van der Waals surface area contributed by atoms with E-state index >= 15 is 0 Å². The number of para-hydroxylation sites is 1. The van der Waals surface area contributed by atoms with Crippen LogP contribution in [0.15, 0.2) is 48.5 Å². The predicted molar refractivity (Wildman–Crippen MR) is 104 cm³/mol. The van der Waals surface area contributed by atoms with E-state index in [1.54, 1.807) is 0 Å². The molecule has 2 aliphatic rings. The van der Waals surface area contributed by atoms with Gasteiger partial charge in [-0.25, -0.2) is 5.43 Å². The number of anilines is 1. The molecule has 2 heterocycles. The molecule has 4 rings (SSSR count). The van der Waals surface area contributed by atoms with Crippen molar-refractivity contribution in [2.75, 3.05) is 31.6 Å². The van der Waals surface area contributed by atoms with Crippen molar-refractivity contribution in [2.24, 2.45) is 5.92 Å². The van der Waals surface area contributed by atoms with E-state index in [-0.39, 0.29) is 17.9 Å². The maximum absolute atomic E-state index is 13.3. The molecule has 1 saturated heterocycles. The van der Waals surface area contributed by atoms with Crippen molar-refractivity contribution in [3.63, 3.8) is 0 Å². The smallest absolute Gasteiger partial charge is 0.229 e. The minimum Gasteiger partial charge on any atom is -0.373 e. The maximum atomic E-state index is 13.3. The molecule has 0 radical (unpaired) electrons. The lowest BCUT2D eigenvalue weighted by Gasteiger charge is -2.27. The van der Waals surface area contributed by atoms with Crippen LogP contribution in [0.25, 0.3) is 0 Å². The lowest BCUT2D eigenvalue weighted by molar-refractivity contribution is -0.135. The summed E-state index contributed by atoms with van der Waals surface area (Å²) in [6.07, 6.45) is 0. The Labute approximate surface area is 158 Å². The van der Waals surface area contributed by atoms with Gasteiger partial charge in [-0.3, -0.25) is 10.2 Å². The SMILES string of the molecule is CN1CCN(C(=O)C2CNNC2c2ccc(Cl)cc2)Cc2ccccc21. The lowest BCUT2D eigenvalue weighted by Crippen LogP contribution is -2.40. The number of fused-ring (bicyclic) bond motifs is 1. The van der Waals surface area contributed by atoms with Gasteiger partial charge in [-0.15, -0.1) is 0 Å². The van der Waals surface area contributed by atoms with Gasteiger partial charge in [-0.1, -0.05) is 41.9 Å². The standard InChI is InChI=1S/C20H23ClN4O/c1-24-10-11-25(13-15-4-2-3-5-18(15)24)20(26)17-12-22-23-19(17)14-6-8-16(21)9-7-14/h2-9,17,19,22-23H,10-13H2,1H3. The van der Waals surface area contributed by atoms with E-state index in [0.717, 1.165) is 18.7 Å². The van der Waals surface area contributed by atoms with Crippen LogP contribution < -0.4 is 15.8 Å². The molecule has 0 saturated carbocycles. The van der Waals surface area contributed by atoms with Crippen LogP contribution in [0.5, 0.6) is 0 Å². The Hall–Kier alpha value is -2.08. The summed E-state index contributed by atoms with van der Waals surface area (Å²) in [6, 6.07) is 16.0. The van der Waals surface area contributed by atoms with Gasteiger partial charge in [0.25, 0.3) is 0 Å². The van der Waals surface area contributed by atoms with Crippen molar-refractivity contribution in [1.29, 1.82) is 0 Å². The molecule has 2 aromatic carbocycles. The van der Waals surface area contributed by atoms with Crippen LogP contribution in [-0.4, -0.2) is 37.5 Å². The second-order valence-electron chi connectivity index (χ2n) is 6.97. The van der Waals surface area contributed by atoms with E-state index in [1.165, 1.54) is 11.3 Å². The maximum Gasteiger partial charge on any atom is 0.229 e. The van der Waals surface area contributed by atoms with E-state index in [0.29, 0.717) is 18.1 Å². The van der Waals surface area contributed by atoms with E-state index in [4.69, 9.17) is 11.6 Å². The number of likely N-dealkylation sites (N-methyl/N-ethyl adjacent to an activating group) is 1. The van der Waals surface area contributed by atoms with Crippen molar-refractivity contribution in [3.8, 4) is 0 Å². The monoisotopic (exact) mass is 370 g/mol. The van der Waals surface area contributed by atoms with Crippen LogP contribution in [-0.2, 0) is 11.3 Å². The molecule has 2 aromatic rings. The van der Waals surface area contributed by atoms with Gasteiger partial charge in [0.15, 0.2) is 0 Å². The lowest BCUT2D eigenvalue weighted by atomic mass is 9.93. The van der Waals surface area contributed by atoms with Crippen molar-refractivity contribution in [2.45, 2.75) is 12.6 Å². The van der Waals surface area contributed by atoms with E-state index in [9.17, 15) is 4.79 Å². The van der Waals surface area contributed by atoms with E-state index in [2.05, 4.69) is 34.9 Å². The van der Waals surface area contributed by atoms with Gasteiger partial charge in [-0.05, 0) is 29.3 Å². The molecule has 2 N–H and O–H groups in total. The number of halogens is 1. The summed E-state index contributed by atoms with van der Waals surface area (Å²) in [5.74, 6) is 0.0549. The zero-order valence-corrected chi connectivity index (χ0v) is 15.5. The third kappa shape index (κ3) is 3.30. The molecule has 0 spiro atoms. The highest BCUT2D eigenvalue weighted by atomic mass is 35.5. The summed E-state index contributed by atoms with van der Waals surface area (Å²) >= 11 is 6.00. The summed E-state index contributed by atoms with van der Waals surface area (Å²) in [5.41, 5.74) is 9.89. The van der Waals surface area contributed by atoms with E-state index in [1.807, 2.05) is 41.3 Å². The Bertz CT molecular complexity index is 795. The first-order chi connectivity index (χ1) is 12.6. The average molecular weight is 371 g/mol. The Morgan fingerprint density at radius 1 is 1.12 bits per heavy atom. The van der Waals surface area contributed by atoms with Gasteiger partial charge in [0.2, 0.25) is 5.91 Å². The summed E-state index contributed by atoms with van der Waals surface area (Å²) < 4.78 is 0. The number of hydrogen-bond acceptors (Lipinski definition) is 4. The van der Waals surface area contributed by atoms with Gasteiger partial charge in [-0.2, -0.15) is 0 Å². The highest BCUT2D eigenvalue weighted by molar-refractivity contribution is 6.30. The Balaban J connectivity index is 1.56. The summed E-state index contributed by atoms with van der Waals surface area (Å²) in [7, 11) is 2.09. The van der Waals surface area contributed by atoms with Crippen LogP contribution in [0.4, 0.5) is 5.69 Å². The molecule has 26 heavy (non-hydrogen) atoms. The minimum absolute atomic E-state index is 0.0454. The molecule has 136 valence electrons. The molecule has 2 atom stereocenters. The fraction of sp³-hybridized carbons (Fsp3) is 0.350. The second-order valence-corrected chi connectivity index (χ2v) is 7.41. The van der Waals surface area contributed by atoms with Gasteiger partial charge in [0, 0.05) is 43.9 Å². The van der Waals surface area contributed by atoms with Crippen LogP contribution in [0, 0.1) is 5.92 Å². The number of hydrogen-bond donors (Lipinski definition) is 2. The van der Waals surface area contributed by atoms with Crippen LogP contribution in [0.1, 0.15) is 17.2 Å². The van der Waals surface area contributed by atoms with Crippen LogP contribution in [0.2, 0.25) is 5.02 Å². The normalized spacial score (nSPS) is 22.8. The number of amides is 1. The van der Waals surface area contributed by atoms with Gasteiger partial charge in [0.1, 0.15) is 0 Å². The van der Waals surface area contributed by atoms with Gasteiger partial charge in [0.05, 0.1) is 12.0 Å². The van der Waals surface area contributed by atoms with Crippen LogP contribution in [0.3, 0.4) is 0 Å². The first kappa shape index (κ1) is 17.3. The fourth-order valence-corrected chi connectivity index (χ4v) is 3.95. The molecule has 2 unspecified atom stereocenters. The zero-order chi connectivity index (χ0) is 18.1. The Kier molecular flexibility index (Phi) is 4.85. The predicted octanol–water partition coefficient (Wildman–Crippen LogP) is 2.58. The van der Waals surface area contributed by atoms with Gasteiger partial charge >= 0.3 is 0 Å². The van der Waals surface area contributed by atoms with Crippen molar-refractivity contribution < 1.29 is 4.79 Å². The third-order valence-corrected chi connectivity index (χ3v) is 5.56. The van der Waals surface area contributed by atoms with Crippen molar-refractivity contribution in [1.82, 2.24) is 15.8 Å². The highest BCUT2D eigenvalue weighted by Gasteiger charge is 2.37. The number of nitrogens with zero attached hydrogens (tertiary/aromatic N) is 2. The molecule has 0 aliphatic carbocycles. The topological polar surface area (TPSA) is 47.6 Å². The molecular formula is C20H23ClN4O. The first-order valence-electron chi connectivity index (χ1n) is 8.95. The number of benzene rings is 2. The molecular weight excluding hydrogens is 348 g/mol. The number of rotatable bonds is 2. The number of carbonyl (C=O) groups excluding carboxylic acids is 1.